The molecule has 0 atom stereocenters. The van der Waals surface area contributed by atoms with Crippen LogP contribution in [-0.2, 0) is 9.53 Å². The van der Waals surface area contributed by atoms with Crippen LogP contribution in [0.4, 0.5) is 28.4 Å². The van der Waals surface area contributed by atoms with Gasteiger partial charge >= 0.3 is 5.97 Å². The minimum absolute atomic E-state index is 0.0509. The first-order chi connectivity index (χ1) is 26.2. The maximum absolute atomic E-state index is 12.1. The lowest BCUT2D eigenvalue weighted by atomic mass is 9.82. The molecule has 6 rings (SSSR count). The highest BCUT2D eigenvalue weighted by molar-refractivity contribution is 5.97. The van der Waals surface area contributed by atoms with Crippen molar-refractivity contribution in [3.8, 4) is 0 Å². The van der Waals surface area contributed by atoms with E-state index in [2.05, 4.69) is 193 Å². The van der Waals surface area contributed by atoms with Crippen molar-refractivity contribution in [2.45, 2.75) is 54.4 Å². The number of anilines is 5. The van der Waals surface area contributed by atoms with Gasteiger partial charge in [0.05, 0.1) is 0 Å². The Morgan fingerprint density at radius 2 is 1.07 bits per heavy atom. The van der Waals surface area contributed by atoms with Crippen LogP contribution in [0.2, 0.25) is 0 Å². The summed E-state index contributed by atoms with van der Waals surface area (Å²) < 4.78 is 5.37. The van der Waals surface area contributed by atoms with Crippen LogP contribution in [0.15, 0.2) is 134 Å². The molecule has 0 aromatic heterocycles. The van der Waals surface area contributed by atoms with Gasteiger partial charge < -0.3 is 19.9 Å². The number of nitrogens with zero attached hydrogens (tertiary/aromatic N) is 2. The highest BCUT2D eigenvalue weighted by atomic mass is 16.5. The fourth-order valence-electron chi connectivity index (χ4n) is 8.18. The van der Waals surface area contributed by atoms with Crippen molar-refractivity contribution in [3.63, 3.8) is 0 Å². The third kappa shape index (κ3) is 8.22. The smallest absolute Gasteiger partial charge is 0.333 e. The normalized spacial score (nSPS) is 11.1. The fourth-order valence-corrected chi connectivity index (χ4v) is 8.18. The summed E-state index contributed by atoms with van der Waals surface area (Å²) in [6.07, 6.45) is 0. The van der Waals surface area contributed by atoms with Crippen molar-refractivity contribution in [1.29, 1.82) is 0 Å². The maximum Gasteiger partial charge on any atom is 0.333 e. The lowest BCUT2D eigenvalue weighted by molar-refractivity contribution is -0.137. The minimum atomic E-state index is -0.436. The molecule has 1 N–H and O–H groups in total. The van der Waals surface area contributed by atoms with Gasteiger partial charge in [0.2, 0.25) is 0 Å². The summed E-state index contributed by atoms with van der Waals surface area (Å²) >= 11 is 0. The number of rotatable bonds is 12. The van der Waals surface area contributed by atoms with E-state index in [1.165, 1.54) is 61.4 Å². The van der Waals surface area contributed by atoms with E-state index in [0.717, 1.165) is 27.8 Å². The topological polar surface area (TPSA) is 44.8 Å². The van der Waals surface area contributed by atoms with Gasteiger partial charge in [-0.15, -0.1) is 0 Å². The number of esters is 1. The average Bonchev–Trinajstić information content (AvgIpc) is 3.14. The number of carbonyl (C=O) groups is 1. The Balaban J connectivity index is 1.42. The second-order valence-electron chi connectivity index (χ2n) is 15.1. The molecule has 5 nitrogen and oxygen atoms in total. The number of hydrogen-bond acceptors (Lipinski definition) is 5. The molecule has 5 heteroatoms. The molecule has 0 amide bonds. The largest absolute Gasteiger partial charge is 0.456 e. The van der Waals surface area contributed by atoms with Gasteiger partial charge in [0.1, 0.15) is 6.61 Å². The number of nitrogens with one attached hydrogen (secondary N) is 1. The second kappa shape index (κ2) is 16.1. The van der Waals surface area contributed by atoms with Crippen LogP contribution >= 0.6 is 0 Å². The van der Waals surface area contributed by atoms with Crippen LogP contribution < -0.4 is 15.1 Å². The van der Waals surface area contributed by atoms with Crippen molar-refractivity contribution in [2.75, 3.05) is 35.8 Å². The van der Waals surface area contributed by atoms with Gasteiger partial charge in [-0.2, -0.15) is 0 Å². The van der Waals surface area contributed by atoms with E-state index in [4.69, 9.17) is 4.74 Å². The van der Waals surface area contributed by atoms with Crippen LogP contribution in [0.5, 0.6) is 0 Å². The fraction of sp³-hybridized carbons (Fsp3) is 0.220. The van der Waals surface area contributed by atoms with Crippen molar-refractivity contribution >= 4 is 45.2 Å². The SMILES string of the molecule is C=C(COC(=O)C(=C)C)Nc1ccc(C(c2ccc(N(C)c3c(C)cc(C)cc3C)cc2)c2ccc(N(C)c3c(C)cc(C)cc3C)cc2)c2ccccc12. The summed E-state index contributed by atoms with van der Waals surface area (Å²) in [6, 6.07) is 39.8. The van der Waals surface area contributed by atoms with Crippen LogP contribution in [0, 0.1) is 41.5 Å². The van der Waals surface area contributed by atoms with Gasteiger partial charge in [0.15, 0.2) is 0 Å². The molecule has 0 aliphatic heterocycles. The van der Waals surface area contributed by atoms with Crippen LogP contribution in [0.1, 0.15) is 62.9 Å². The molecule has 6 aromatic rings. The number of benzene rings is 6. The summed E-state index contributed by atoms with van der Waals surface area (Å²) in [5.74, 6) is -0.489. The monoisotopic (exact) mass is 727 g/mol. The Bertz CT molecular complexity index is 2250. The molecule has 0 fully saturated rings. The summed E-state index contributed by atoms with van der Waals surface area (Å²) in [6.45, 7) is 22.5. The summed E-state index contributed by atoms with van der Waals surface area (Å²) in [5.41, 5.74) is 17.8. The van der Waals surface area contributed by atoms with E-state index in [1.807, 2.05) is 0 Å². The third-order valence-corrected chi connectivity index (χ3v) is 10.5. The van der Waals surface area contributed by atoms with Crippen molar-refractivity contribution in [1.82, 2.24) is 0 Å². The van der Waals surface area contributed by atoms with Gasteiger partial charge in [0.25, 0.3) is 0 Å². The predicted molar refractivity (Wildman–Crippen MR) is 234 cm³/mol. The van der Waals surface area contributed by atoms with Gasteiger partial charge in [-0.1, -0.05) is 103 Å². The van der Waals surface area contributed by atoms with Crippen LogP contribution in [0.3, 0.4) is 0 Å². The maximum atomic E-state index is 12.1. The zero-order chi connectivity index (χ0) is 39.6. The molecule has 0 bridgehead atoms. The Morgan fingerprint density at radius 1 is 0.636 bits per heavy atom. The van der Waals surface area contributed by atoms with Crippen molar-refractivity contribution < 1.29 is 9.53 Å². The highest BCUT2D eigenvalue weighted by Crippen LogP contribution is 2.41. The zero-order valence-electron chi connectivity index (χ0n) is 33.8. The molecular weight excluding hydrogens is 675 g/mol. The molecular formula is C50H53N3O2. The number of carbonyl (C=O) groups excluding carboxylic acids is 1. The molecule has 0 aliphatic carbocycles. The van der Waals surface area contributed by atoms with Gasteiger partial charge in [0, 0.05) is 65.1 Å². The third-order valence-electron chi connectivity index (χ3n) is 10.5. The zero-order valence-corrected chi connectivity index (χ0v) is 33.8. The second-order valence-corrected chi connectivity index (χ2v) is 15.1. The number of hydrogen-bond donors (Lipinski definition) is 1. The molecule has 0 spiro atoms. The van der Waals surface area contributed by atoms with E-state index < -0.39 is 5.97 Å². The number of aryl methyl sites for hydroxylation is 6. The molecule has 0 saturated carbocycles. The molecule has 280 valence electrons. The van der Waals surface area contributed by atoms with E-state index >= 15 is 0 Å². The summed E-state index contributed by atoms with van der Waals surface area (Å²) in [7, 11) is 4.30. The first kappa shape index (κ1) is 38.6. The molecule has 0 unspecified atom stereocenters. The highest BCUT2D eigenvalue weighted by Gasteiger charge is 2.22. The average molecular weight is 728 g/mol. The van der Waals surface area contributed by atoms with Gasteiger partial charge in [-0.05, 0) is 123 Å². The first-order valence-corrected chi connectivity index (χ1v) is 18.9. The molecule has 0 aliphatic rings. The standard InChI is InChI=1S/C50H53N3O2/c1-31(2)50(54)55-30-38(9)51-46-25-24-45(43-14-12-13-15-44(43)46)47(39-16-20-41(21-17-39)52(10)48-34(5)26-32(3)27-35(48)6)40-18-22-42(23-19-40)53(11)49-36(7)28-33(4)29-37(49)8/h12-29,47,51H,1,9,30H2,2-8,10-11H3. The van der Waals surface area contributed by atoms with Gasteiger partial charge in [-0.3, -0.25) is 0 Å². The Hall–Kier alpha value is -6.07. The number of fused-ring (bicyclic) bond motifs is 1. The Labute approximate surface area is 327 Å². The Kier molecular flexibility index (Phi) is 11.3. The van der Waals surface area contributed by atoms with E-state index in [9.17, 15) is 4.79 Å². The summed E-state index contributed by atoms with van der Waals surface area (Å²) in [5, 5.41) is 5.59. The molecule has 0 radical (unpaired) electrons. The van der Waals surface area contributed by atoms with E-state index in [1.54, 1.807) is 6.92 Å². The Morgan fingerprint density at radius 3 is 1.51 bits per heavy atom. The van der Waals surface area contributed by atoms with E-state index in [-0.39, 0.29) is 12.5 Å². The molecule has 0 heterocycles. The predicted octanol–water partition coefficient (Wildman–Crippen LogP) is 12.5. The van der Waals surface area contributed by atoms with Crippen molar-refractivity contribution in [2.24, 2.45) is 0 Å². The van der Waals surface area contributed by atoms with E-state index in [0.29, 0.717) is 11.3 Å². The van der Waals surface area contributed by atoms with Gasteiger partial charge in [-0.25, -0.2) is 4.79 Å². The number of ether oxygens (including phenoxy) is 1. The first-order valence-electron chi connectivity index (χ1n) is 18.9. The quantitative estimate of drug-likeness (QED) is 0.0772. The van der Waals surface area contributed by atoms with Crippen LogP contribution in [0.25, 0.3) is 10.8 Å². The van der Waals surface area contributed by atoms with Crippen LogP contribution in [-0.4, -0.2) is 26.7 Å². The molecule has 0 saturated heterocycles. The molecule has 55 heavy (non-hydrogen) atoms. The molecule has 6 aromatic carbocycles. The minimum Gasteiger partial charge on any atom is -0.456 e. The summed E-state index contributed by atoms with van der Waals surface area (Å²) in [4.78, 5) is 16.6. The lowest BCUT2D eigenvalue weighted by Gasteiger charge is -2.27. The lowest BCUT2D eigenvalue weighted by Crippen LogP contribution is -2.14. The van der Waals surface area contributed by atoms with Crippen molar-refractivity contribution in [3.05, 3.63) is 184 Å².